The van der Waals surface area contributed by atoms with Gasteiger partial charge in [0.1, 0.15) is 12.2 Å². The number of rotatable bonds is 9. The van der Waals surface area contributed by atoms with E-state index in [0.717, 1.165) is 50.7 Å². The molecular formula is C27H40N2O7. The second-order valence-corrected chi connectivity index (χ2v) is 11.8. The van der Waals surface area contributed by atoms with E-state index in [1.165, 1.54) is 10.5 Å². The number of ketones is 1. The first-order valence-corrected chi connectivity index (χ1v) is 13.2. The lowest BCUT2D eigenvalue weighted by atomic mass is 9.46. The molecule has 0 heterocycles. The molecule has 0 saturated heterocycles. The quantitative estimate of drug-likeness (QED) is 0.322. The normalized spacial score (nSPS) is 38.6. The van der Waals surface area contributed by atoms with Crippen LogP contribution in [0, 0.1) is 28.6 Å². The molecule has 0 aromatic carbocycles. The molecule has 6 atom stereocenters. The van der Waals surface area contributed by atoms with Crippen LogP contribution >= 0.6 is 0 Å². The summed E-state index contributed by atoms with van der Waals surface area (Å²) in [5, 5.41) is 33.5. The van der Waals surface area contributed by atoms with Crippen LogP contribution in [0.5, 0.6) is 0 Å². The van der Waals surface area contributed by atoms with Gasteiger partial charge in [0.05, 0.1) is 18.8 Å². The summed E-state index contributed by atoms with van der Waals surface area (Å²) in [6.07, 6.45) is 9.38. The van der Waals surface area contributed by atoms with Crippen molar-refractivity contribution >= 4 is 23.4 Å². The molecule has 3 saturated carbocycles. The van der Waals surface area contributed by atoms with Crippen LogP contribution in [0.2, 0.25) is 0 Å². The number of oxime groups is 1. The number of carbonyl (C=O) groups is 3. The van der Waals surface area contributed by atoms with Crippen LogP contribution in [0.1, 0.15) is 72.1 Å². The molecule has 0 bridgehead atoms. The van der Waals surface area contributed by atoms with E-state index in [0.29, 0.717) is 24.2 Å². The molecule has 4 aliphatic rings. The number of allylic oxidation sites excluding steroid dienone is 2. The Balaban J connectivity index is 1.41. The molecule has 4 aliphatic carbocycles. The third-order valence-electron chi connectivity index (χ3n) is 10.1. The van der Waals surface area contributed by atoms with Crippen molar-refractivity contribution in [2.24, 2.45) is 33.7 Å². The number of carboxylic acid groups (broad SMARTS) is 2. The van der Waals surface area contributed by atoms with E-state index in [1.807, 2.05) is 0 Å². The number of nitrogens with zero attached hydrogens (tertiary/aromatic N) is 2. The van der Waals surface area contributed by atoms with Crippen LogP contribution in [0.15, 0.2) is 16.8 Å². The van der Waals surface area contributed by atoms with Crippen LogP contribution in [-0.2, 0) is 19.2 Å². The maximum absolute atomic E-state index is 12.4. The van der Waals surface area contributed by atoms with Crippen LogP contribution < -0.4 is 0 Å². The van der Waals surface area contributed by atoms with Crippen molar-refractivity contribution in [3.8, 4) is 0 Å². The van der Waals surface area contributed by atoms with Crippen molar-refractivity contribution in [1.29, 1.82) is 0 Å². The lowest BCUT2D eigenvalue weighted by Crippen LogP contribution is -2.57. The van der Waals surface area contributed by atoms with E-state index < -0.39 is 17.5 Å². The highest BCUT2D eigenvalue weighted by atomic mass is 16.6. The number of hydrogen-bond acceptors (Lipinski definition) is 7. The highest BCUT2D eigenvalue weighted by Crippen LogP contribution is 2.67. The summed E-state index contributed by atoms with van der Waals surface area (Å²) in [4.78, 5) is 41.0. The van der Waals surface area contributed by atoms with E-state index in [-0.39, 0.29) is 42.9 Å². The Hall–Kier alpha value is -2.26. The molecule has 200 valence electrons. The fourth-order valence-electron chi connectivity index (χ4n) is 8.13. The van der Waals surface area contributed by atoms with Crippen molar-refractivity contribution in [2.75, 3.05) is 26.2 Å². The minimum absolute atomic E-state index is 0.0823. The first-order chi connectivity index (χ1) is 16.9. The first-order valence-electron chi connectivity index (χ1n) is 13.2. The number of carboxylic acids is 2. The molecule has 9 nitrogen and oxygen atoms in total. The molecule has 4 rings (SSSR count). The summed E-state index contributed by atoms with van der Waals surface area (Å²) in [5.41, 5.74) is 0.839. The fourth-order valence-corrected chi connectivity index (χ4v) is 8.13. The van der Waals surface area contributed by atoms with E-state index in [9.17, 15) is 19.5 Å². The minimum atomic E-state index is -1.19. The Bertz CT molecular complexity index is 961. The van der Waals surface area contributed by atoms with Crippen molar-refractivity contribution < 1.29 is 34.5 Å². The smallest absolute Gasteiger partial charge is 0.317 e. The van der Waals surface area contributed by atoms with Crippen LogP contribution in [0.25, 0.3) is 0 Å². The molecular weight excluding hydrogens is 464 g/mol. The lowest BCUT2D eigenvalue weighted by molar-refractivity contribution is -0.159. The van der Waals surface area contributed by atoms with Crippen molar-refractivity contribution in [2.45, 2.75) is 77.7 Å². The Labute approximate surface area is 212 Å². The Morgan fingerprint density at radius 3 is 2.33 bits per heavy atom. The second-order valence-electron chi connectivity index (χ2n) is 11.8. The number of hydrogen-bond donors (Lipinski definition) is 3. The van der Waals surface area contributed by atoms with Crippen LogP contribution in [0.3, 0.4) is 0 Å². The fraction of sp³-hybridized carbons (Fsp3) is 0.778. The average Bonchev–Trinajstić information content (AvgIpc) is 3.08. The topological polar surface area (TPSA) is 137 Å². The number of fused-ring (bicyclic) bond motifs is 5. The number of carbonyl (C=O) groups excluding carboxylic acids is 1. The summed E-state index contributed by atoms with van der Waals surface area (Å²) in [6.45, 7) is 5.63. The largest absolute Gasteiger partial charge is 0.480 e. The van der Waals surface area contributed by atoms with Crippen molar-refractivity contribution in [1.82, 2.24) is 4.90 Å². The van der Waals surface area contributed by atoms with Gasteiger partial charge in [-0.05, 0) is 87.5 Å². The zero-order valence-corrected chi connectivity index (χ0v) is 21.7. The van der Waals surface area contributed by atoms with Gasteiger partial charge in [0, 0.05) is 12.0 Å². The van der Waals surface area contributed by atoms with Gasteiger partial charge >= 0.3 is 11.9 Å². The number of aliphatic hydroxyl groups is 1. The third-order valence-corrected chi connectivity index (χ3v) is 10.1. The molecule has 3 N–H and O–H groups in total. The van der Waals surface area contributed by atoms with E-state index >= 15 is 0 Å². The van der Waals surface area contributed by atoms with Gasteiger partial charge in [0.25, 0.3) is 0 Å². The van der Waals surface area contributed by atoms with Crippen molar-refractivity contribution in [3.05, 3.63) is 11.6 Å². The standard InChI is InChI=1S/C27H40N2O7/c1-17(30)27(35)11-8-22-20-5-4-18-14-19(6-9-25(18,2)21(20)7-10-26(22,27)3)28-36-13-12-29(15-23(31)32)16-24(33)34/h14,20-22,35H,4-13,15-16H2,1-3H3,(H,31,32)(H,33,34)/b28-19+/t20-,21+,22+,25+,26+,27+/m1/s1. The average molecular weight is 505 g/mol. The molecule has 9 heteroatoms. The zero-order valence-electron chi connectivity index (χ0n) is 21.7. The van der Waals surface area contributed by atoms with Gasteiger partial charge in [0.2, 0.25) is 0 Å². The minimum Gasteiger partial charge on any atom is -0.480 e. The highest BCUT2D eigenvalue weighted by Gasteiger charge is 2.65. The zero-order chi connectivity index (χ0) is 26.3. The Morgan fingerprint density at radius 2 is 1.69 bits per heavy atom. The maximum Gasteiger partial charge on any atom is 0.317 e. The molecule has 0 aliphatic heterocycles. The predicted octanol–water partition coefficient (Wildman–Crippen LogP) is 3.11. The second kappa shape index (κ2) is 9.89. The molecule has 0 radical (unpaired) electrons. The maximum atomic E-state index is 12.4. The summed E-state index contributed by atoms with van der Waals surface area (Å²) >= 11 is 0. The molecule has 0 unspecified atom stereocenters. The first kappa shape index (κ1) is 26.8. The highest BCUT2D eigenvalue weighted by molar-refractivity contribution is 5.96. The number of Topliss-reactive ketones (excluding diaryl/α,β-unsaturated/α-hetero) is 1. The van der Waals surface area contributed by atoms with Gasteiger partial charge in [-0.2, -0.15) is 0 Å². The molecule has 0 aromatic heterocycles. The summed E-state index contributed by atoms with van der Waals surface area (Å²) in [6, 6.07) is 0. The van der Waals surface area contributed by atoms with Crippen LogP contribution in [0.4, 0.5) is 0 Å². The van der Waals surface area contributed by atoms with Gasteiger partial charge in [-0.25, -0.2) is 0 Å². The molecule has 3 fully saturated rings. The van der Waals surface area contributed by atoms with Crippen LogP contribution in [-0.4, -0.2) is 75.5 Å². The Morgan fingerprint density at radius 1 is 1.03 bits per heavy atom. The van der Waals surface area contributed by atoms with Crippen molar-refractivity contribution in [3.63, 3.8) is 0 Å². The van der Waals surface area contributed by atoms with E-state index in [1.54, 1.807) is 6.92 Å². The van der Waals surface area contributed by atoms with Gasteiger partial charge < -0.3 is 20.2 Å². The van der Waals surface area contributed by atoms with E-state index in [2.05, 4.69) is 25.1 Å². The van der Waals surface area contributed by atoms with Gasteiger partial charge in [0.15, 0.2) is 5.78 Å². The predicted molar refractivity (Wildman–Crippen MR) is 132 cm³/mol. The molecule has 0 spiro atoms. The number of aliphatic carboxylic acids is 2. The third kappa shape index (κ3) is 4.60. The molecule has 0 aromatic rings. The molecule has 36 heavy (non-hydrogen) atoms. The monoisotopic (exact) mass is 504 g/mol. The summed E-state index contributed by atoms with van der Waals surface area (Å²) < 4.78 is 0. The summed E-state index contributed by atoms with van der Waals surface area (Å²) in [7, 11) is 0. The van der Waals surface area contributed by atoms with Gasteiger partial charge in [-0.3, -0.25) is 19.3 Å². The Kier molecular flexibility index (Phi) is 7.36. The SMILES string of the molecule is CC(=O)[C@@]1(O)CC[C@H]2[C@@H]3CCC4=C/C(=N/OCCN(CC(=O)O)CC(=O)O)CC[C@]4(C)[C@H]3CC[C@@]21C. The van der Waals surface area contributed by atoms with E-state index in [4.69, 9.17) is 15.1 Å². The van der Waals surface area contributed by atoms with Gasteiger partial charge in [-0.1, -0.05) is 24.6 Å². The van der Waals surface area contributed by atoms with Gasteiger partial charge in [-0.15, -0.1) is 0 Å². The summed E-state index contributed by atoms with van der Waals surface area (Å²) in [5.74, 6) is -0.818. The molecule has 0 amide bonds. The lowest BCUT2D eigenvalue weighted by Gasteiger charge is -2.59.